The molecule has 0 saturated heterocycles. The Bertz CT molecular complexity index is 569. The number of hydrogen-bond donors (Lipinski definition) is 3. The van der Waals surface area contributed by atoms with Crippen LogP contribution in [-0.4, -0.2) is 5.11 Å². The van der Waals surface area contributed by atoms with Gasteiger partial charge < -0.3 is 16.4 Å². The summed E-state index contributed by atoms with van der Waals surface area (Å²) in [7, 11) is 0. The summed E-state index contributed by atoms with van der Waals surface area (Å²) >= 11 is 5.15. The number of anilines is 2. The smallest absolute Gasteiger partial charge is 0.171 e. The monoisotopic (exact) mass is 275 g/mol. The fourth-order valence-corrected chi connectivity index (χ4v) is 1.76. The SMILES string of the molecule is Nc1ccc(NC(=S)NCc2cccc(F)c2)cc1. The Morgan fingerprint density at radius 1 is 1.16 bits per heavy atom. The second kappa shape index (κ2) is 6.15. The molecule has 0 heterocycles. The summed E-state index contributed by atoms with van der Waals surface area (Å²) in [5, 5.41) is 6.52. The molecule has 0 atom stereocenters. The molecule has 5 heteroatoms. The first-order chi connectivity index (χ1) is 9.13. The van der Waals surface area contributed by atoms with E-state index in [4.69, 9.17) is 18.0 Å². The summed E-state index contributed by atoms with van der Waals surface area (Å²) in [6, 6.07) is 13.6. The van der Waals surface area contributed by atoms with Crippen molar-refractivity contribution >= 4 is 28.7 Å². The lowest BCUT2D eigenvalue weighted by atomic mass is 10.2. The highest BCUT2D eigenvalue weighted by Gasteiger charge is 1.99. The van der Waals surface area contributed by atoms with E-state index in [1.807, 2.05) is 18.2 Å². The first kappa shape index (κ1) is 13.3. The molecule has 0 amide bonds. The fraction of sp³-hybridized carbons (Fsp3) is 0.0714. The summed E-state index contributed by atoms with van der Waals surface area (Å²) in [4.78, 5) is 0. The molecule has 0 aliphatic heterocycles. The van der Waals surface area contributed by atoms with E-state index in [0.717, 1.165) is 11.3 Å². The molecule has 0 saturated carbocycles. The molecule has 2 aromatic carbocycles. The zero-order valence-electron chi connectivity index (χ0n) is 10.2. The molecule has 0 spiro atoms. The van der Waals surface area contributed by atoms with Crippen molar-refractivity contribution in [1.29, 1.82) is 0 Å². The minimum atomic E-state index is -0.253. The molecule has 0 aromatic heterocycles. The Labute approximate surface area is 116 Å². The van der Waals surface area contributed by atoms with Crippen LogP contribution in [0.1, 0.15) is 5.56 Å². The molecule has 3 nitrogen and oxygen atoms in total. The maximum absolute atomic E-state index is 13.0. The summed E-state index contributed by atoms with van der Waals surface area (Å²) in [5.41, 5.74) is 7.98. The molecule has 0 aliphatic carbocycles. The first-order valence-electron chi connectivity index (χ1n) is 5.78. The Hall–Kier alpha value is -2.14. The minimum absolute atomic E-state index is 0.253. The second-order valence-corrected chi connectivity index (χ2v) is 4.47. The van der Waals surface area contributed by atoms with Gasteiger partial charge in [0, 0.05) is 17.9 Å². The largest absolute Gasteiger partial charge is 0.399 e. The number of nitrogens with two attached hydrogens (primary N) is 1. The zero-order chi connectivity index (χ0) is 13.7. The van der Waals surface area contributed by atoms with E-state index in [1.165, 1.54) is 12.1 Å². The van der Waals surface area contributed by atoms with Crippen molar-refractivity contribution in [3.8, 4) is 0 Å². The molecule has 0 radical (unpaired) electrons. The van der Waals surface area contributed by atoms with Crippen molar-refractivity contribution in [2.24, 2.45) is 0 Å². The van der Waals surface area contributed by atoms with Crippen LogP contribution >= 0.6 is 12.2 Å². The number of rotatable bonds is 3. The van der Waals surface area contributed by atoms with Gasteiger partial charge in [0.15, 0.2) is 5.11 Å². The molecule has 0 fully saturated rings. The number of hydrogen-bond acceptors (Lipinski definition) is 2. The lowest BCUT2D eigenvalue weighted by Crippen LogP contribution is -2.27. The summed E-state index contributed by atoms with van der Waals surface area (Å²) < 4.78 is 13.0. The van der Waals surface area contributed by atoms with E-state index in [2.05, 4.69) is 10.6 Å². The zero-order valence-corrected chi connectivity index (χ0v) is 11.0. The number of halogens is 1. The molecule has 0 aliphatic rings. The predicted octanol–water partition coefficient (Wildman–Crippen LogP) is 2.89. The quantitative estimate of drug-likeness (QED) is 0.595. The van der Waals surface area contributed by atoms with E-state index >= 15 is 0 Å². The van der Waals surface area contributed by atoms with Crippen molar-refractivity contribution < 1.29 is 4.39 Å². The minimum Gasteiger partial charge on any atom is -0.399 e. The molecule has 0 unspecified atom stereocenters. The van der Waals surface area contributed by atoms with Crippen LogP contribution in [0.15, 0.2) is 48.5 Å². The van der Waals surface area contributed by atoms with Crippen LogP contribution in [0.4, 0.5) is 15.8 Å². The Morgan fingerprint density at radius 2 is 1.89 bits per heavy atom. The molecular weight excluding hydrogens is 261 g/mol. The maximum Gasteiger partial charge on any atom is 0.171 e. The first-order valence-corrected chi connectivity index (χ1v) is 6.19. The van der Waals surface area contributed by atoms with E-state index in [-0.39, 0.29) is 5.82 Å². The molecule has 0 bridgehead atoms. The van der Waals surface area contributed by atoms with E-state index in [9.17, 15) is 4.39 Å². The number of thiocarbonyl (C=S) groups is 1. The molecule has 2 rings (SSSR count). The molecule has 98 valence electrons. The van der Waals surface area contributed by atoms with E-state index in [0.29, 0.717) is 17.3 Å². The van der Waals surface area contributed by atoms with Crippen molar-refractivity contribution in [2.75, 3.05) is 11.1 Å². The highest BCUT2D eigenvalue weighted by Crippen LogP contribution is 2.10. The Kier molecular flexibility index (Phi) is 4.30. The number of benzene rings is 2. The Morgan fingerprint density at radius 3 is 2.58 bits per heavy atom. The average Bonchev–Trinajstić information content (AvgIpc) is 2.39. The highest BCUT2D eigenvalue weighted by molar-refractivity contribution is 7.80. The average molecular weight is 275 g/mol. The highest BCUT2D eigenvalue weighted by atomic mass is 32.1. The van der Waals surface area contributed by atoms with Crippen LogP contribution in [0.2, 0.25) is 0 Å². The van der Waals surface area contributed by atoms with Gasteiger partial charge in [-0.1, -0.05) is 12.1 Å². The summed E-state index contributed by atoms with van der Waals surface area (Å²) in [5.74, 6) is -0.253. The normalized spacial score (nSPS) is 9.95. The van der Waals surface area contributed by atoms with Crippen LogP contribution in [0, 0.1) is 5.82 Å². The van der Waals surface area contributed by atoms with Gasteiger partial charge in [-0.25, -0.2) is 4.39 Å². The third-order valence-electron chi connectivity index (χ3n) is 2.51. The van der Waals surface area contributed by atoms with Gasteiger partial charge in [-0.15, -0.1) is 0 Å². The standard InChI is InChI=1S/C14H14FN3S/c15-11-3-1-2-10(8-11)9-17-14(19)18-13-6-4-12(16)5-7-13/h1-8H,9,16H2,(H2,17,18,19). The van der Waals surface area contributed by atoms with Gasteiger partial charge in [0.2, 0.25) is 0 Å². The van der Waals surface area contributed by atoms with Crippen molar-refractivity contribution in [3.63, 3.8) is 0 Å². The Balaban J connectivity index is 1.86. The third-order valence-corrected chi connectivity index (χ3v) is 2.76. The van der Waals surface area contributed by atoms with E-state index in [1.54, 1.807) is 18.2 Å². The van der Waals surface area contributed by atoms with Gasteiger partial charge in [-0.3, -0.25) is 0 Å². The molecule has 19 heavy (non-hydrogen) atoms. The predicted molar refractivity (Wildman–Crippen MR) is 80.3 cm³/mol. The van der Waals surface area contributed by atoms with Crippen LogP contribution in [-0.2, 0) is 6.54 Å². The van der Waals surface area contributed by atoms with Crippen molar-refractivity contribution in [2.45, 2.75) is 6.54 Å². The topological polar surface area (TPSA) is 50.1 Å². The van der Waals surface area contributed by atoms with Gasteiger partial charge in [-0.2, -0.15) is 0 Å². The van der Waals surface area contributed by atoms with Gasteiger partial charge in [0.25, 0.3) is 0 Å². The van der Waals surface area contributed by atoms with Crippen LogP contribution in [0.5, 0.6) is 0 Å². The lowest BCUT2D eigenvalue weighted by Gasteiger charge is -2.10. The van der Waals surface area contributed by atoms with Crippen molar-refractivity contribution in [3.05, 3.63) is 59.9 Å². The maximum atomic E-state index is 13.0. The molecule has 4 N–H and O–H groups in total. The number of nitrogens with one attached hydrogen (secondary N) is 2. The molecular formula is C14H14FN3S. The fourth-order valence-electron chi connectivity index (χ4n) is 1.57. The second-order valence-electron chi connectivity index (χ2n) is 4.06. The lowest BCUT2D eigenvalue weighted by molar-refractivity contribution is 0.625. The van der Waals surface area contributed by atoms with E-state index < -0.39 is 0 Å². The van der Waals surface area contributed by atoms with Crippen LogP contribution in [0.25, 0.3) is 0 Å². The number of nitrogen functional groups attached to an aromatic ring is 1. The van der Waals surface area contributed by atoms with Gasteiger partial charge in [0.05, 0.1) is 0 Å². The van der Waals surface area contributed by atoms with Gasteiger partial charge in [0.1, 0.15) is 5.82 Å². The third kappa shape index (κ3) is 4.22. The molecule has 2 aromatic rings. The summed E-state index contributed by atoms with van der Waals surface area (Å²) in [6.45, 7) is 0.471. The van der Waals surface area contributed by atoms with Crippen LogP contribution < -0.4 is 16.4 Å². The van der Waals surface area contributed by atoms with Crippen molar-refractivity contribution in [1.82, 2.24) is 5.32 Å². The van der Waals surface area contributed by atoms with Gasteiger partial charge >= 0.3 is 0 Å². The van der Waals surface area contributed by atoms with Crippen LogP contribution in [0.3, 0.4) is 0 Å². The van der Waals surface area contributed by atoms with Gasteiger partial charge in [-0.05, 0) is 54.2 Å². The summed E-state index contributed by atoms with van der Waals surface area (Å²) in [6.07, 6.45) is 0.